The number of amides is 1. The van der Waals surface area contributed by atoms with Crippen molar-refractivity contribution < 1.29 is 4.79 Å². The molecule has 1 atom stereocenters. The molecule has 0 radical (unpaired) electrons. The van der Waals surface area contributed by atoms with Gasteiger partial charge in [-0.25, -0.2) is 0 Å². The van der Waals surface area contributed by atoms with Crippen molar-refractivity contribution in [3.05, 3.63) is 21.9 Å². The second-order valence-corrected chi connectivity index (χ2v) is 7.91. The lowest BCUT2D eigenvalue weighted by Crippen LogP contribution is -2.44. The van der Waals surface area contributed by atoms with Gasteiger partial charge in [0.25, 0.3) is 0 Å². The minimum Gasteiger partial charge on any atom is -0.356 e. The van der Waals surface area contributed by atoms with E-state index in [1.807, 2.05) is 11.3 Å². The van der Waals surface area contributed by atoms with Gasteiger partial charge in [-0.05, 0) is 45.2 Å². The second kappa shape index (κ2) is 11.7. The van der Waals surface area contributed by atoms with E-state index in [0.29, 0.717) is 6.04 Å². The van der Waals surface area contributed by atoms with Crippen molar-refractivity contribution in [2.75, 3.05) is 20.1 Å². The standard InChI is InChI=1S/C18H30N4OS.HI/c1-13(12-16-9-8-14(2)24-16)22-18(19-3)21-11-5-10-20-17(23)15-6-4-7-15;/h8-9,13,15H,4-7,10-12H2,1-3H3,(H,20,23)(H2,19,21,22);1H. The molecule has 25 heavy (non-hydrogen) atoms. The molecule has 1 heterocycles. The summed E-state index contributed by atoms with van der Waals surface area (Å²) in [6.45, 7) is 5.83. The Hall–Kier alpha value is -0.830. The number of hydrogen-bond acceptors (Lipinski definition) is 3. The molecule has 3 N–H and O–H groups in total. The largest absolute Gasteiger partial charge is 0.356 e. The number of thiophene rings is 1. The minimum atomic E-state index is 0. The lowest BCUT2D eigenvalue weighted by Gasteiger charge is -2.24. The lowest BCUT2D eigenvalue weighted by atomic mass is 9.85. The molecule has 0 spiro atoms. The monoisotopic (exact) mass is 478 g/mol. The average molecular weight is 478 g/mol. The van der Waals surface area contributed by atoms with Crippen molar-refractivity contribution in [2.24, 2.45) is 10.9 Å². The number of guanidine groups is 1. The van der Waals surface area contributed by atoms with Crippen molar-refractivity contribution in [1.29, 1.82) is 0 Å². The van der Waals surface area contributed by atoms with Crippen LogP contribution in [0.1, 0.15) is 42.4 Å². The Bertz CT molecular complexity index is 557. The first-order valence-electron chi connectivity index (χ1n) is 8.88. The summed E-state index contributed by atoms with van der Waals surface area (Å²) in [6, 6.07) is 4.68. The molecule has 7 heteroatoms. The van der Waals surface area contributed by atoms with Gasteiger partial charge < -0.3 is 16.0 Å². The van der Waals surface area contributed by atoms with Crippen LogP contribution in [0.5, 0.6) is 0 Å². The number of rotatable bonds is 8. The Balaban J connectivity index is 0.00000312. The van der Waals surface area contributed by atoms with Crippen molar-refractivity contribution >= 4 is 47.2 Å². The highest BCUT2D eigenvalue weighted by Gasteiger charge is 2.24. The van der Waals surface area contributed by atoms with Gasteiger partial charge in [-0.1, -0.05) is 6.42 Å². The predicted molar refractivity (Wildman–Crippen MR) is 117 cm³/mol. The number of hydrogen-bond donors (Lipinski definition) is 3. The smallest absolute Gasteiger partial charge is 0.223 e. The molecular weight excluding hydrogens is 447 g/mol. The quantitative estimate of drug-likeness (QED) is 0.233. The van der Waals surface area contributed by atoms with Gasteiger partial charge in [-0.2, -0.15) is 0 Å². The highest BCUT2D eigenvalue weighted by molar-refractivity contribution is 14.0. The minimum absolute atomic E-state index is 0. The van der Waals surface area contributed by atoms with E-state index >= 15 is 0 Å². The predicted octanol–water partition coefficient (Wildman–Crippen LogP) is 3.08. The molecule has 5 nitrogen and oxygen atoms in total. The van der Waals surface area contributed by atoms with Crippen LogP contribution in [0.3, 0.4) is 0 Å². The summed E-state index contributed by atoms with van der Waals surface area (Å²) < 4.78 is 0. The zero-order valence-electron chi connectivity index (χ0n) is 15.4. The van der Waals surface area contributed by atoms with Gasteiger partial charge in [-0.3, -0.25) is 9.79 Å². The first kappa shape index (κ1) is 22.2. The molecule has 1 aromatic rings. The Labute approximate surface area is 172 Å². The SMILES string of the molecule is CN=C(NCCCNC(=O)C1CCC1)NC(C)Cc1ccc(C)s1.I. The highest BCUT2D eigenvalue weighted by atomic mass is 127. The molecule has 1 saturated carbocycles. The fourth-order valence-electron chi connectivity index (χ4n) is 2.70. The zero-order chi connectivity index (χ0) is 17.4. The molecule has 1 amide bonds. The molecule has 1 aliphatic rings. The van der Waals surface area contributed by atoms with Gasteiger partial charge in [0.15, 0.2) is 5.96 Å². The number of aliphatic imine (C=N–C) groups is 1. The van der Waals surface area contributed by atoms with Crippen LogP contribution >= 0.6 is 35.3 Å². The van der Waals surface area contributed by atoms with Gasteiger partial charge in [0.2, 0.25) is 5.91 Å². The third-order valence-corrected chi connectivity index (χ3v) is 5.35. The molecule has 1 fully saturated rings. The van der Waals surface area contributed by atoms with E-state index in [9.17, 15) is 4.79 Å². The maximum Gasteiger partial charge on any atom is 0.223 e. The van der Waals surface area contributed by atoms with E-state index in [1.54, 1.807) is 7.05 Å². The third kappa shape index (κ3) is 7.94. The summed E-state index contributed by atoms with van der Waals surface area (Å²) in [5.74, 6) is 1.32. The summed E-state index contributed by atoms with van der Waals surface area (Å²) in [7, 11) is 1.79. The van der Waals surface area contributed by atoms with E-state index in [2.05, 4.69) is 46.9 Å². The number of carbonyl (C=O) groups excluding carboxylic acids is 1. The van der Waals surface area contributed by atoms with Gasteiger partial charge >= 0.3 is 0 Å². The third-order valence-electron chi connectivity index (χ3n) is 4.33. The van der Waals surface area contributed by atoms with Crippen molar-refractivity contribution in [3.63, 3.8) is 0 Å². The van der Waals surface area contributed by atoms with E-state index in [-0.39, 0.29) is 35.8 Å². The summed E-state index contributed by atoms with van der Waals surface area (Å²) >= 11 is 1.85. The van der Waals surface area contributed by atoms with Gasteiger partial charge in [-0.15, -0.1) is 35.3 Å². The maximum atomic E-state index is 11.7. The van der Waals surface area contributed by atoms with Gasteiger partial charge in [0.05, 0.1) is 0 Å². The first-order chi connectivity index (χ1) is 11.6. The van der Waals surface area contributed by atoms with Gasteiger partial charge in [0.1, 0.15) is 0 Å². The molecule has 0 bridgehead atoms. The lowest BCUT2D eigenvalue weighted by molar-refractivity contribution is -0.127. The van der Waals surface area contributed by atoms with Crippen molar-refractivity contribution in [2.45, 2.75) is 52.0 Å². The summed E-state index contributed by atoms with van der Waals surface area (Å²) in [6.07, 6.45) is 5.21. The molecule has 2 rings (SSSR count). The molecule has 0 aromatic carbocycles. The highest BCUT2D eigenvalue weighted by Crippen LogP contribution is 2.26. The molecule has 1 aliphatic carbocycles. The van der Waals surface area contributed by atoms with Crippen molar-refractivity contribution in [3.8, 4) is 0 Å². The van der Waals surface area contributed by atoms with Crippen LogP contribution in [0.4, 0.5) is 0 Å². The van der Waals surface area contributed by atoms with E-state index in [1.165, 1.54) is 16.2 Å². The molecular formula is C18H31IN4OS. The Morgan fingerprint density at radius 3 is 2.60 bits per heavy atom. The molecule has 0 saturated heterocycles. The molecule has 1 unspecified atom stereocenters. The second-order valence-electron chi connectivity index (χ2n) is 6.53. The number of carbonyl (C=O) groups is 1. The molecule has 0 aliphatic heterocycles. The van der Waals surface area contributed by atoms with E-state index < -0.39 is 0 Å². The van der Waals surface area contributed by atoms with Crippen LogP contribution in [-0.4, -0.2) is 38.0 Å². The Morgan fingerprint density at radius 2 is 2.04 bits per heavy atom. The fourth-order valence-corrected chi connectivity index (χ4v) is 3.72. The number of nitrogens with zero attached hydrogens (tertiary/aromatic N) is 1. The van der Waals surface area contributed by atoms with Crippen LogP contribution in [-0.2, 0) is 11.2 Å². The Morgan fingerprint density at radius 1 is 1.32 bits per heavy atom. The normalized spacial score (nSPS) is 15.7. The van der Waals surface area contributed by atoms with Crippen LogP contribution in [0.25, 0.3) is 0 Å². The maximum absolute atomic E-state index is 11.7. The van der Waals surface area contributed by atoms with Crippen LogP contribution in [0.2, 0.25) is 0 Å². The van der Waals surface area contributed by atoms with Crippen LogP contribution in [0, 0.1) is 12.8 Å². The van der Waals surface area contributed by atoms with E-state index in [0.717, 1.165) is 44.7 Å². The number of halogens is 1. The summed E-state index contributed by atoms with van der Waals surface area (Å²) in [5.41, 5.74) is 0. The average Bonchev–Trinajstić information content (AvgIpc) is 2.88. The summed E-state index contributed by atoms with van der Waals surface area (Å²) in [5, 5.41) is 9.75. The Kier molecular flexibility index (Phi) is 10.4. The van der Waals surface area contributed by atoms with Crippen molar-refractivity contribution in [1.82, 2.24) is 16.0 Å². The van der Waals surface area contributed by atoms with Crippen LogP contribution in [0.15, 0.2) is 17.1 Å². The number of aryl methyl sites for hydroxylation is 1. The van der Waals surface area contributed by atoms with E-state index in [4.69, 9.17) is 0 Å². The fraction of sp³-hybridized carbons (Fsp3) is 0.667. The summed E-state index contributed by atoms with van der Waals surface area (Å²) in [4.78, 5) is 18.7. The number of nitrogens with one attached hydrogen (secondary N) is 3. The van der Waals surface area contributed by atoms with Crippen LogP contribution < -0.4 is 16.0 Å². The molecule has 142 valence electrons. The topological polar surface area (TPSA) is 65.5 Å². The molecule has 1 aromatic heterocycles. The zero-order valence-corrected chi connectivity index (χ0v) is 18.6. The van der Waals surface area contributed by atoms with Gasteiger partial charge in [0, 0.05) is 48.3 Å². The first-order valence-corrected chi connectivity index (χ1v) is 9.70.